The van der Waals surface area contributed by atoms with Crippen LogP contribution < -0.4 is 0 Å². The Labute approximate surface area is 91.1 Å². The molecule has 1 unspecified atom stereocenters. The standard InChI is InChI=1S/C12H20O3/c1-9(13)6-4-3-5-7-11-8-15-12(14)10(11)2/h9,13H,3-8H2,1-2H3. The van der Waals surface area contributed by atoms with E-state index in [2.05, 4.69) is 0 Å². The molecule has 1 aliphatic heterocycles. The Kier molecular flexibility index (Phi) is 4.82. The molecule has 0 saturated carbocycles. The fourth-order valence-electron chi connectivity index (χ4n) is 1.73. The number of carbonyl (C=O) groups excluding carboxylic acids is 1. The largest absolute Gasteiger partial charge is 0.458 e. The highest BCUT2D eigenvalue weighted by Crippen LogP contribution is 2.21. The van der Waals surface area contributed by atoms with Crippen LogP contribution in [-0.2, 0) is 9.53 Å². The van der Waals surface area contributed by atoms with Crippen LogP contribution in [0.3, 0.4) is 0 Å². The zero-order valence-electron chi connectivity index (χ0n) is 9.58. The number of cyclic esters (lactones) is 1. The van der Waals surface area contributed by atoms with Crippen LogP contribution in [0.25, 0.3) is 0 Å². The molecule has 0 aliphatic carbocycles. The minimum atomic E-state index is -0.192. The Morgan fingerprint density at radius 3 is 2.67 bits per heavy atom. The van der Waals surface area contributed by atoms with Crippen molar-refractivity contribution in [3.05, 3.63) is 11.1 Å². The number of esters is 1. The monoisotopic (exact) mass is 212 g/mol. The number of aliphatic hydroxyl groups is 1. The van der Waals surface area contributed by atoms with Gasteiger partial charge in [0.2, 0.25) is 0 Å². The first kappa shape index (κ1) is 12.2. The summed E-state index contributed by atoms with van der Waals surface area (Å²) in [7, 11) is 0. The van der Waals surface area contributed by atoms with E-state index < -0.39 is 0 Å². The Morgan fingerprint density at radius 1 is 1.40 bits per heavy atom. The maximum absolute atomic E-state index is 11.0. The maximum atomic E-state index is 11.0. The molecule has 0 fully saturated rings. The molecule has 1 atom stereocenters. The van der Waals surface area contributed by atoms with Crippen molar-refractivity contribution in [3.63, 3.8) is 0 Å². The normalized spacial score (nSPS) is 18.2. The molecule has 3 nitrogen and oxygen atoms in total. The molecular formula is C12H20O3. The van der Waals surface area contributed by atoms with Crippen LogP contribution in [0, 0.1) is 0 Å². The van der Waals surface area contributed by atoms with Crippen LogP contribution >= 0.6 is 0 Å². The van der Waals surface area contributed by atoms with Crippen molar-refractivity contribution in [2.45, 2.75) is 52.1 Å². The van der Waals surface area contributed by atoms with Crippen LogP contribution in [-0.4, -0.2) is 23.8 Å². The zero-order chi connectivity index (χ0) is 11.3. The molecule has 0 aromatic heterocycles. The highest BCUT2D eigenvalue weighted by Gasteiger charge is 2.19. The summed E-state index contributed by atoms with van der Waals surface area (Å²) in [5.74, 6) is -0.158. The van der Waals surface area contributed by atoms with Crippen molar-refractivity contribution in [1.29, 1.82) is 0 Å². The van der Waals surface area contributed by atoms with Crippen molar-refractivity contribution in [3.8, 4) is 0 Å². The first-order chi connectivity index (χ1) is 7.11. The highest BCUT2D eigenvalue weighted by molar-refractivity contribution is 5.90. The molecule has 0 saturated heterocycles. The molecule has 1 N–H and O–H groups in total. The Bertz CT molecular complexity index is 254. The Hall–Kier alpha value is -0.830. The van der Waals surface area contributed by atoms with Gasteiger partial charge >= 0.3 is 5.97 Å². The lowest BCUT2D eigenvalue weighted by Crippen LogP contribution is -1.98. The Morgan fingerprint density at radius 2 is 2.13 bits per heavy atom. The van der Waals surface area contributed by atoms with E-state index in [4.69, 9.17) is 9.84 Å². The molecule has 1 aliphatic rings. The van der Waals surface area contributed by atoms with Crippen molar-refractivity contribution >= 4 is 5.97 Å². The topological polar surface area (TPSA) is 46.5 Å². The highest BCUT2D eigenvalue weighted by atomic mass is 16.5. The van der Waals surface area contributed by atoms with Gasteiger partial charge in [-0.05, 0) is 38.7 Å². The van der Waals surface area contributed by atoms with Gasteiger partial charge in [0.25, 0.3) is 0 Å². The summed E-state index contributed by atoms with van der Waals surface area (Å²) in [6.07, 6.45) is 4.87. The van der Waals surface area contributed by atoms with E-state index in [-0.39, 0.29) is 12.1 Å². The summed E-state index contributed by atoms with van der Waals surface area (Å²) in [6, 6.07) is 0. The van der Waals surface area contributed by atoms with Gasteiger partial charge in [-0.3, -0.25) is 0 Å². The number of rotatable bonds is 6. The van der Waals surface area contributed by atoms with Gasteiger partial charge in [0.15, 0.2) is 0 Å². The van der Waals surface area contributed by atoms with Crippen molar-refractivity contribution in [2.75, 3.05) is 6.61 Å². The lowest BCUT2D eigenvalue weighted by atomic mass is 10.0. The number of carbonyl (C=O) groups is 1. The quantitative estimate of drug-likeness (QED) is 0.542. The third kappa shape index (κ3) is 4.04. The number of hydrogen-bond donors (Lipinski definition) is 1. The minimum Gasteiger partial charge on any atom is -0.458 e. The molecule has 86 valence electrons. The van der Waals surface area contributed by atoms with Crippen molar-refractivity contribution in [1.82, 2.24) is 0 Å². The molecule has 1 rings (SSSR count). The molecule has 0 aromatic rings. The summed E-state index contributed by atoms with van der Waals surface area (Å²) < 4.78 is 4.92. The summed E-state index contributed by atoms with van der Waals surface area (Å²) in [5.41, 5.74) is 1.95. The van der Waals surface area contributed by atoms with Crippen LogP contribution in [0.2, 0.25) is 0 Å². The van der Waals surface area contributed by atoms with Crippen molar-refractivity contribution < 1.29 is 14.6 Å². The molecule has 0 spiro atoms. The molecule has 3 heteroatoms. The van der Waals surface area contributed by atoms with E-state index in [1.165, 1.54) is 0 Å². The summed E-state index contributed by atoms with van der Waals surface area (Å²) in [4.78, 5) is 11.0. The van der Waals surface area contributed by atoms with E-state index in [1.807, 2.05) is 13.8 Å². The van der Waals surface area contributed by atoms with Gasteiger partial charge in [-0.1, -0.05) is 12.8 Å². The first-order valence-electron chi connectivity index (χ1n) is 5.65. The van der Waals surface area contributed by atoms with Gasteiger partial charge in [0, 0.05) is 5.57 Å². The second kappa shape index (κ2) is 5.91. The number of unbranched alkanes of at least 4 members (excludes halogenated alkanes) is 2. The first-order valence-corrected chi connectivity index (χ1v) is 5.65. The van der Waals surface area contributed by atoms with Gasteiger partial charge in [-0.2, -0.15) is 0 Å². The molecule has 0 aromatic carbocycles. The van der Waals surface area contributed by atoms with Crippen molar-refractivity contribution in [2.24, 2.45) is 0 Å². The maximum Gasteiger partial charge on any atom is 0.334 e. The van der Waals surface area contributed by atoms with Gasteiger partial charge in [-0.15, -0.1) is 0 Å². The van der Waals surface area contributed by atoms with E-state index in [1.54, 1.807) is 0 Å². The Balaban J connectivity index is 2.13. The summed E-state index contributed by atoms with van der Waals surface area (Å²) >= 11 is 0. The van der Waals surface area contributed by atoms with Gasteiger partial charge < -0.3 is 9.84 Å². The van der Waals surface area contributed by atoms with E-state index in [0.717, 1.165) is 43.3 Å². The van der Waals surface area contributed by atoms with Crippen LogP contribution in [0.5, 0.6) is 0 Å². The molecule has 0 radical (unpaired) electrons. The molecule has 1 heterocycles. The lowest BCUT2D eigenvalue weighted by molar-refractivity contribution is -0.135. The van der Waals surface area contributed by atoms with E-state index in [0.29, 0.717) is 6.61 Å². The lowest BCUT2D eigenvalue weighted by Gasteiger charge is -2.04. The fraction of sp³-hybridized carbons (Fsp3) is 0.750. The van der Waals surface area contributed by atoms with Gasteiger partial charge in [0.05, 0.1) is 6.10 Å². The number of aliphatic hydroxyl groups excluding tert-OH is 1. The average Bonchev–Trinajstić information content (AvgIpc) is 2.48. The smallest absolute Gasteiger partial charge is 0.334 e. The fourth-order valence-corrected chi connectivity index (χ4v) is 1.73. The van der Waals surface area contributed by atoms with E-state index in [9.17, 15) is 4.79 Å². The van der Waals surface area contributed by atoms with Crippen LogP contribution in [0.15, 0.2) is 11.1 Å². The minimum absolute atomic E-state index is 0.158. The third-order valence-electron chi connectivity index (χ3n) is 2.81. The van der Waals surface area contributed by atoms with Crippen LogP contribution in [0.1, 0.15) is 46.0 Å². The second-order valence-corrected chi connectivity index (χ2v) is 4.25. The number of hydrogen-bond acceptors (Lipinski definition) is 3. The average molecular weight is 212 g/mol. The molecule has 0 bridgehead atoms. The van der Waals surface area contributed by atoms with Gasteiger partial charge in [-0.25, -0.2) is 4.79 Å². The third-order valence-corrected chi connectivity index (χ3v) is 2.81. The number of ether oxygens (including phenoxy) is 1. The predicted octanol–water partition coefficient (Wildman–Crippen LogP) is 2.19. The zero-order valence-corrected chi connectivity index (χ0v) is 9.58. The summed E-state index contributed by atoms with van der Waals surface area (Å²) in [6.45, 7) is 4.14. The van der Waals surface area contributed by atoms with E-state index >= 15 is 0 Å². The molecule has 15 heavy (non-hydrogen) atoms. The summed E-state index contributed by atoms with van der Waals surface area (Å²) in [5, 5.41) is 9.07. The molecule has 0 amide bonds. The van der Waals surface area contributed by atoms with Gasteiger partial charge in [0.1, 0.15) is 6.61 Å². The van der Waals surface area contributed by atoms with Crippen LogP contribution in [0.4, 0.5) is 0 Å². The second-order valence-electron chi connectivity index (χ2n) is 4.25. The predicted molar refractivity (Wildman–Crippen MR) is 58.4 cm³/mol. The molecular weight excluding hydrogens is 192 g/mol. The SMILES string of the molecule is CC1=C(CCCCCC(C)O)COC1=O.